The van der Waals surface area contributed by atoms with Gasteiger partial charge in [-0.25, -0.2) is 12.8 Å². The molecule has 2 rings (SSSR count). The van der Waals surface area contributed by atoms with E-state index in [0.29, 0.717) is 19.6 Å². The molecule has 0 amide bonds. The fourth-order valence-electron chi connectivity index (χ4n) is 3.09. The van der Waals surface area contributed by atoms with E-state index >= 15 is 0 Å². The lowest BCUT2D eigenvalue weighted by molar-refractivity contribution is 0.353. The molecule has 160 valence electrons. The largest absolute Gasteiger partial charge is 0.374 e. The first-order valence-corrected chi connectivity index (χ1v) is 11.0. The van der Waals surface area contributed by atoms with Crippen molar-refractivity contribution in [1.29, 1.82) is 0 Å². The fourth-order valence-corrected chi connectivity index (χ4v) is 4.45. The Labute approximate surface area is 185 Å². The van der Waals surface area contributed by atoms with Gasteiger partial charge in [0.2, 0.25) is 0 Å². The Bertz CT molecular complexity index is 771. The molecule has 6 nitrogen and oxygen atoms in total. The first-order chi connectivity index (χ1) is 12.7. The molecule has 28 heavy (non-hydrogen) atoms. The van der Waals surface area contributed by atoms with Crippen molar-refractivity contribution in [2.24, 2.45) is 4.99 Å². The van der Waals surface area contributed by atoms with E-state index in [1.165, 1.54) is 12.1 Å². The number of nitrogens with zero attached hydrogens (tertiary/aromatic N) is 3. The van der Waals surface area contributed by atoms with Crippen LogP contribution >= 0.6 is 24.0 Å². The highest BCUT2D eigenvalue weighted by molar-refractivity contribution is 14.0. The molecule has 9 heteroatoms. The van der Waals surface area contributed by atoms with Crippen molar-refractivity contribution in [2.75, 3.05) is 50.4 Å². The number of sulfone groups is 1. The molecular formula is C19H32FIN4O2S. The van der Waals surface area contributed by atoms with E-state index in [-0.39, 0.29) is 35.5 Å². The van der Waals surface area contributed by atoms with Gasteiger partial charge >= 0.3 is 0 Å². The predicted octanol–water partition coefficient (Wildman–Crippen LogP) is 2.74. The lowest BCUT2D eigenvalue weighted by Crippen LogP contribution is -2.57. The Hall–Kier alpha value is -1.10. The van der Waals surface area contributed by atoms with Crippen LogP contribution in [-0.2, 0) is 9.84 Å². The van der Waals surface area contributed by atoms with E-state index in [1.807, 2.05) is 29.8 Å². The Kier molecular flexibility index (Phi) is 9.45. The van der Waals surface area contributed by atoms with E-state index in [1.54, 1.807) is 19.9 Å². The van der Waals surface area contributed by atoms with E-state index in [4.69, 9.17) is 0 Å². The van der Waals surface area contributed by atoms with Crippen molar-refractivity contribution >= 4 is 45.5 Å². The van der Waals surface area contributed by atoms with Crippen LogP contribution in [0, 0.1) is 5.82 Å². The van der Waals surface area contributed by atoms with Crippen molar-refractivity contribution in [3.8, 4) is 0 Å². The van der Waals surface area contributed by atoms with Crippen molar-refractivity contribution in [3.63, 3.8) is 0 Å². The van der Waals surface area contributed by atoms with Gasteiger partial charge in [0, 0.05) is 45.5 Å². The lowest BCUT2D eigenvalue weighted by Gasteiger charge is -2.39. The van der Waals surface area contributed by atoms with Gasteiger partial charge in [-0.15, -0.1) is 24.0 Å². The maximum atomic E-state index is 13.3. The third kappa shape index (κ3) is 6.47. The van der Waals surface area contributed by atoms with E-state index in [2.05, 4.69) is 10.3 Å². The van der Waals surface area contributed by atoms with Gasteiger partial charge in [0.15, 0.2) is 15.8 Å². The molecule has 0 atom stereocenters. The molecule has 0 saturated carbocycles. The van der Waals surface area contributed by atoms with Crippen molar-refractivity contribution in [2.45, 2.75) is 31.9 Å². The Morgan fingerprint density at radius 3 is 2.71 bits per heavy atom. The second-order valence-corrected chi connectivity index (χ2v) is 10.2. The Balaban J connectivity index is 0.00000392. The van der Waals surface area contributed by atoms with Gasteiger partial charge in [-0.2, -0.15) is 0 Å². The number of halogens is 2. The molecule has 1 heterocycles. The smallest absolute Gasteiger partial charge is 0.193 e. The minimum absolute atomic E-state index is 0. The second kappa shape index (κ2) is 10.6. The van der Waals surface area contributed by atoms with Crippen molar-refractivity contribution < 1.29 is 12.8 Å². The third-order valence-electron chi connectivity index (χ3n) is 4.84. The summed E-state index contributed by atoms with van der Waals surface area (Å²) >= 11 is 0. The van der Waals surface area contributed by atoms with Crippen LogP contribution in [0.1, 0.15) is 27.2 Å². The number of anilines is 1. The molecule has 0 aromatic heterocycles. The third-order valence-corrected chi connectivity index (χ3v) is 7.37. The molecule has 1 fully saturated rings. The van der Waals surface area contributed by atoms with E-state index < -0.39 is 14.6 Å². The quantitative estimate of drug-likeness (QED) is 0.268. The summed E-state index contributed by atoms with van der Waals surface area (Å²) in [7, 11) is -1.14. The van der Waals surface area contributed by atoms with Crippen LogP contribution in [0.25, 0.3) is 0 Å². The average molecular weight is 526 g/mol. The molecule has 0 radical (unpaired) electrons. The summed E-state index contributed by atoms with van der Waals surface area (Å²) in [6.07, 6.45) is 0.817. The SMILES string of the molecule is CCNC(=NCCCN(C)c1cccc(F)c1)N1CCS(=O)(=O)C(C)(C)C1.I. The summed E-state index contributed by atoms with van der Waals surface area (Å²) in [5.41, 5.74) is 0.842. The van der Waals surface area contributed by atoms with Gasteiger partial charge in [0.1, 0.15) is 5.82 Å². The molecule has 0 spiro atoms. The van der Waals surface area contributed by atoms with Crippen LogP contribution in [0.3, 0.4) is 0 Å². The second-order valence-electron chi connectivity index (χ2n) is 7.49. The summed E-state index contributed by atoms with van der Waals surface area (Å²) in [4.78, 5) is 8.70. The van der Waals surface area contributed by atoms with Gasteiger partial charge in [0.05, 0.1) is 10.5 Å². The van der Waals surface area contributed by atoms with Crippen molar-refractivity contribution in [3.05, 3.63) is 30.1 Å². The monoisotopic (exact) mass is 526 g/mol. The zero-order valence-electron chi connectivity index (χ0n) is 17.1. The minimum Gasteiger partial charge on any atom is -0.374 e. The van der Waals surface area contributed by atoms with Gasteiger partial charge in [-0.3, -0.25) is 4.99 Å². The van der Waals surface area contributed by atoms with Crippen LogP contribution in [0.4, 0.5) is 10.1 Å². The van der Waals surface area contributed by atoms with Crippen molar-refractivity contribution in [1.82, 2.24) is 10.2 Å². The first-order valence-electron chi connectivity index (χ1n) is 9.38. The maximum Gasteiger partial charge on any atom is 0.193 e. The standard InChI is InChI=1S/C19H31FN4O2S.HI/c1-5-21-18(24-12-13-27(25,26)19(2,3)15-24)22-10-7-11-23(4)17-9-6-8-16(20)14-17;/h6,8-9,14H,5,7,10-13,15H2,1-4H3,(H,21,22);1H. The summed E-state index contributed by atoms with van der Waals surface area (Å²) < 4.78 is 37.0. The molecule has 1 aromatic carbocycles. The number of benzene rings is 1. The average Bonchev–Trinajstić information content (AvgIpc) is 2.60. The summed E-state index contributed by atoms with van der Waals surface area (Å²) in [6.45, 7) is 8.53. The number of hydrogen-bond acceptors (Lipinski definition) is 4. The molecule has 0 bridgehead atoms. The lowest BCUT2D eigenvalue weighted by atomic mass is 10.2. The highest BCUT2D eigenvalue weighted by atomic mass is 127. The normalized spacial score (nSPS) is 18.3. The number of aliphatic imine (C=N–C) groups is 1. The van der Waals surface area contributed by atoms with Crippen LogP contribution in [0.5, 0.6) is 0 Å². The van der Waals surface area contributed by atoms with Gasteiger partial charge in [-0.1, -0.05) is 6.07 Å². The predicted molar refractivity (Wildman–Crippen MR) is 125 cm³/mol. The zero-order valence-corrected chi connectivity index (χ0v) is 20.3. The summed E-state index contributed by atoms with van der Waals surface area (Å²) in [5, 5.41) is 3.26. The van der Waals surface area contributed by atoms with Gasteiger partial charge in [-0.05, 0) is 45.4 Å². The van der Waals surface area contributed by atoms with Gasteiger partial charge in [0.25, 0.3) is 0 Å². The first kappa shape index (κ1) is 24.9. The minimum atomic E-state index is -3.07. The number of rotatable bonds is 6. The van der Waals surface area contributed by atoms with E-state index in [0.717, 1.165) is 31.2 Å². The van der Waals surface area contributed by atoms with Crippen LogP contribution in [0.2, 0.25) is 0 Å². The summed E-state index contributed by atoms with van der Waals surface area (Å²) in [6, 6.07) is 6.54. The molecular weight excluding hydrogens is 494 g/mol. The topological polar surface area (TPSA) is 65.0 Å². The zero-order chi connectivity index (χ0) is 20.1. The number of hydrogen-bond donors (Lipinski definition) is 1. The van der Waals surface area contributed by atoms with Crippen LogP contribution in [0.15, 0.2) is 29.3 Å². The molecule has 0 aliphatic carbocycles. The molecule has 1 aliphatic rings. The Morgan fingerprint density at radius 1 is 1.39 bits per heavy atom. The van der Waals surface area contributed by atoms with Gasteiger partial charge < -0.3 is 15.1 Å². The van der Waals surface area contributed by atoms with E-state index in [9.17, 15) is 12.8 Å². The molecule has 1 aromatic rings. The van der Waals surface area contributed by atoms with Crippen LogP contribution in [-0.4, -0.2) is 69.5 Å². The molecule has 1 saturated heterocycles. The van der Waals surface area contributed by atoms with Crippen LogP contribution < -0.4 is 10.2 Å². The number of nitrogens with one attached hydrogen (secondary N) is 1. The molecule has 1 N–H and O–H groups in total. The highest BCUT2D eigenvalue weighted by Crippen LogP contribution is 2.23. The molecule has 1 aliphatic heterocycles. The molecule has 0 unspecified atom stereocenters. The number of guanidine groups is 1. The maximum absolute atomic E-state index is 13.3. The highest BCUT2D eigenvalue weighted by Gasteiger charge is 2.40. The fraction of sp³-hybridized carbons (Fsp3) is 0.632. The Morgan fingerprint density at radius 2 is 2.11 bits per heavy atom. The summed E-state index contributed by atoms with van der Waals surface area (Å²) in [5.74, 6) is 0.663.